The third-order valence-electron chi connectivity index (χ3n) is 9.27. The summed E-state index contributed by atoms with van der Waals surface area (Å²) in [7, 11) is -1.78. The highest BCUT2D eigenvalue weighted by Crippen LogP contribution is 2.49. The third kappa shape index (κ3) is 8.76. The van der Waals surface area contributed by atoms with Crippen LogP contribution in [0.2, 0.25) is 0 Å². The summed E-state index contributed by atoms with van der Waals surface area (Å²) in [5, 5.41) is 11.5. The normalized spacial score (nSPS) is 12.7. The molecule has 252 valence electrons. The van der Waals surface area contributed by atoms with Crippen molar-refractivity contribution in [2.75, 3.05) is 24.6 Å². The Morgan fingerprint density at radius 2 is 0.588 bits per heavy atom. The van der Waals surface area contributed by atoms with E-state index in [1.165, 1.54) is 42.4 Å². The molecule has 51 heavy (non-hydrogen) atoms. The molecule has 0 spiro atoms. The van der Waals surface area contributed by atoms with Crippen LogP contribution in [-0.4, -0.2) is 24.6 Å². The molecule has 0 aromatic heterocycles. The molecule has 7 rings (SSSR count). The molecule has 5 heteroatoms. The van der Waals surface area contributed by atoms with Gasteiger partial charge in [0, 0.05) is 6.04 Å². The predicted molar refractivity (Wildman–Crippen MR) is 237 cm³/mol. The summed E-state index contributed by atoms with van der Waals surface area (Å²) < 4.78 is 0. The minimum absolute atomic E-state index is 0.494. The second-order valence-electron chi connectivity index (χ2n) is 12.4. The fourth-order valence-electron chi connectivity index (χ4n) is 6.72. The van der Waals surface area contributed by atoms with Crippen LogP contribution in [0.3, 0.4) is 0 Å². The summed E-state index contributed by atoms with van der Waals surface area (Å²) in [5.74, 6) is 0. The maximum atomic E-state index is 6.81. The summed E-state index contributed by atoms with van der Waals surface area (Å²) in [4.78, 5) is 0. The van der Waals surface area contributed by atoms with Crippen molar-refractivity contribution in [1.29, 1.82) is 0 Å². The van der Waals surface area contributed by atoms with E-state index in [2.05, 4.69) is 206 Å². The molecule has 2 unspecified atom stereocenters. The summed E-state index contributed by atoms with van der Waals surface area (Å²) in [6.45, 7) is 0. The Morgan fingerprint density at radius 1 is 0.314 bits per heavy atom. The van der Waals surface area contributed by atoms with Crippen molar-refractivity contribution in [1.82, 2.24) is 0 Å². The minimum atomic E-state index is -2.05. The Labute approximate surface area is 313 Å². The van der Waals surface area contributed by atoms with Gasteiger partial charge in [-0.1, -0.05) is 218 Å². The highest BCUT2D eigenvalue weighted by molar-refractivity contribution is 8.22. The molecule has 0 bridgehead atoms. The van der Waals surface area contributed by atoms with Crippen LogP contribution in [-0.2, 0) is 11.8 Å². The smallest absolute Gasteiger partial charge is 0.0109 e. The van der Waals surface area contributed by atoms with Gasteiger partial charge < -0.3 is 0 Å². The van der Waals surface area contributed by atoms with Gasteiger partial charge in [0.05, 0.1) is 0 Å². The van der Waals surface area contributed by atoms with Crippen molar-refractivity contribution >= 4 is 84.0 Å². The standard InChI is InChI=1S/C46H42P4S/c51-50(43-29-15-5-16-30-43,44-31-17-6-18-32-44)38-37-49(42-27-13-4-14-28-42)46-34-20-19-33-45(46)48(41-25-11-3-12-26-41)36-35-47(39-21-7-1-8-22-39)40-23-9-2-10-24-40/h1-34H,35-38H2. The van der Waals surface area contributed by atoms with E-state index in [-0.39, 0.29) is 0 Å². The summed E-state index contributed by atoms with van der Waals surface area (Å²) in [6, 6.07) is 74.2. The van der Waals surface area contributed by atoms with Crippen molar-refractivity contribution in [2.45, 2.75) is 0 Å². The van der Waals surface area contributed by atoms with Gasteiger partial charge >= 0.3 is 0 Å². The number of benzene rings is 7. The first-order valence-corrected chi connectivity index (χ1v) is 25.1. The molecule has 0 aliphatic heterocycles. The van der Waals surface area contributed by atoms with Crippen molar-refractivity contribution < 1.29 is 0 Å². The highest BCUT2D eigenvalue weighted by atomic mass is 32.4. The first-order chi connectivity index (χ1) is 25.2. The molecule has 0 heterocycles. The monoisotopic (exact) mass is 750 g/mol. The minimum Gasteiger partial charge on any atom is -0.0876 e. The van der Waals surface area contributed by atoms with Gasteiger partial charge in [0.15, 0.2) is 0 Å². The van der Waals surface area contributed by atoms with E-state index in [0.717, 1.165) is 24.6 Å². The topological polar surface area (TPSA) is 0 Å². The molecule has 7 aromatic carbocycles. The first-order valence-electron chi connectivity index (χ1n) is 17.5. The molecule has 0 amide bonds. The molecule has 0 aliphatic rings. The summed E-state index contributed by atoms with van der Waals surface area (Å²) in [6.07, 6.45) is 4.32. The van der Waals surface area contributed by atoms with Crippen molar-refractivity contribution in [2.24, 2.45) is 0 Å². The van der Waals surface area contributed by atoms with E-state index in [0.29, 0.717) is 0 Å². The largest absolute Gasteiger partial charge is 0.0876 e. The van der Waals surface area contributed by atoms with Crippen molar-refractivity contribution in [3.05, 3.63) is 206 Å². The van der Waals surface area contributed by atoms with Crippen LogP contribution in [0.5, 0.6) is 0 Å². The Kier molecular flexibility index (Phi) is 12.5. The highest BCUT2D eigenvalue weighted by Gasteiger charge is 2.28. The van der Waals surface area contributed by atoms with Crippen LogP contribution < -0.4 is 42.4 Å². The first kappa shape index (κ1) is 35.9. The van der Waals surface area contributed by atoms with E-state index in [1.807, 2.05) is 0 Å². The lowest BCUT2D eigenvalue weighted by atomic mass is 10.4. The zero-order valence-electron chi connectivity index (χ0n) is 28.7. The van der Waals surface area contributed by atoms with Gasteiger partial charge in [-0.25, -0.2) is 0 Å². The fourth-order valence-corrected chi connectivity index (χ4v) is 20.3. The fraction of sp³-hybridized carbons (Fsp3) is 0.0870. The van der Waals surface area contributed by atoms with Gasteiger partial charge in [0.2, 0.25) is 0 Å². The van der Waals surface area contributed by atoms with Gasteiger partial charge in [0.1, 0.15) is 0 Å². The molecule has 0 nitrogen and oxygen atoms in total. The molecule has 0 saturated carbocycles. The summed E-state index contributed by atoms with van der Waals surface area (Å²) in [5.41, 5.74) is 0. The van der Waals surface area contributed by atoms with Crippen LogP contribution >= 0.6 is 29.8 Å². The van der Waals surface area contributed by atoms with Crippen LogP contribution in [0.1, 0.15) is 0 Å². The Hall–Kier alpha value is -3.52. The molecular weight excluding hydrogens is 708 g/mol. The average Bonchev–Trinajstić information content (AvgIpc) is 3.22. The number of rotatable bonds is 14. The Morgan fingerprint density at radius 3 is 0.961 bits per heavy atom. The molecule has 0 N–H and O–H groups in total. The van der Waals surface area contributed by atoms with Gasteiger partial charge in [-0.15, -0.1) is 0 Å². The van der Waals surface area contributed by atoms with E-state index < -0.39 is 29.8 Å². The number of hydrogen-bond acceptors (Lipinski definition) is 1. The maximum Gasteiger partial charge on any atom is 0.0109 e. The zero-order valence-corrected chi connectivity index (χ0v) is 33.0. The lowest BCUT2D eigenvalue weighted by Crippen LogP contribution is -2.32. The average molecular weight is 751 g/mol. The Balaban J connectivity index is 1.29. The zero-order chi connectivity index (χ0) is 34.7. The van der Waals surface area contributed by atoms with Gasteiger partial charge in [-0.3, -0.25) is 0 Å². The van der Waals surface area contributed by atoms with Crippen molar-refractivity contribution in [3.63, 3.8) is 0 Å². The maximum absolute atomic E-state index is 6.81. The molecule has 0 radical (unpaired) electrons. The second-order valence-corrected chi connectivity index (χ2v) is 24.2. The van der Waals surface area contributed by atoms with E-state index in [4.69, 9.17) is 11.8 Å². The predicted octanol–water partition coefficient (Wildman–Crippen LogP) is 8.82. The van der Waals surface area contributed by atoms with Crippen LogP contribution in [0.25, 0.3) is 0 Å². The summed E-state index contributed by atoms with van der Waals surface area (Å²) >= 11 is 6.81. The van der Waals surface area contributed by atoms with Crippen LogP contribution in [0, 0.1) is 0 Å². The molecule has 0 aliphatic carbocycles. The second kappa shape index (κ2) is 17.8. The number of hydrogen-bond donors (Lipinski definition) is 0. The van der Waals surface area contributed by atoms with Crippen LogP contribution in [0.4, 0.5) is 0 Å². The van der Waals surface area contributed by atoms with E-state index in [9.17, 15) is 0 Å². The lowest BCUT2D eigenvalue weighted by molar-refractivity contribution is 1.50. The Bertz CT molecular complexity index is 2050. The van der Waals surface area contributed by atoms with Gasteiger partial charge in [-0.2, -0.15) is 0 Å². The lowest BCUT2D eigenvalue weighted by Gasteiger charge is -2.30. The van der Waals surface area contributed by atoms with E-state index in [1.54, 1.807) is 0 Å². The third-order valence-corrected chi connectivity index (χ3v) is 22.7. The SMILES string of the molecule is S=P(CCP(c1ccccc1)c1ccccc1P(CCP(c1ccccc1)c1ccccc1)c1ccccc1)(c1ccccc1)c1ccccc1. The van der Waals surface area contributed by atoms with Gasteiger partial charge in [0.25, 0.3) is 0 Å². The molecule has 2 atom stereocenters. The quantitative estimate of drug-likeness (QED) is 0.100. The molecule has 0 fully saturated rings. The molecular formula is C46H42P4S. The van der Waals surface area contributed by atoms with Gasteiger partial charge in [-0.05, 0) is 90.8 Å². The van der Waals surface area contributed by atoms with Crippen LogP contribution in [0.15, 0.2) is 206 Å². The molecule has 0 saturated heterocycles. The van der Waals surface area contributed by atoms with E-state index >= 15 is 0 Å². The molecule has 7 aromatic rings. The van der Waals surface area contributed by atoms with Crippen molar-refractivity contribution in [3.8, 4) is 0 Å².